The lowest BCUT2D eigenvalue weighted by Crippen LogP contribution is -2.49. The standard InChI is InChI=1S/C28H34ClF5N2O3Si/c1-27(2,3)40(4,5)39-9-8-16-12-24(37)36-25(21-14-19(30)6-7-23(21)29)22(16)15-35-26(38)17-10-18(28(32,33)34)13-20(31)11-17/h6-7,10-11,13-14,16,22,25H,8-9,12,15H2,1-5H3,(H,35,38)(H,36,37). The van der Waals surface area contributed by atoms with Crippen LogP contribution in [0.3, 0.4) is 0 Å². The van der Waals surface area contributed by atoms with Gasteiger partial charge >= 0.3 is 6.18 Å². The summed E-state index contributed by atoms with van der Waals surface area (Å²) in [4.78, 5) is 25.6. The Morgan fingerprint density at radius 3 is 2.40 bits per heavy atom. The van der Waals surface area contributed by atoms with Crippen molar-refractivity contribution in [1.29, 1.82) is 0 Å². The third kappa shape index (κ3) is 7.82. The molecule has 40 heavy (non-hydrogen) atoms. The van der Waals surface area contributed by atoms with Crippen LogP contribution in [0.2, 0.25) is 23.2 Å². The molecule has 2 aromatic carbocycles. The Balaban J connectivity index is 1.88. The van der Waals surface area contributed by atoms with Gasteiger partial charge in [0.05, 0.1) is 11.6 Å². The Hall–Kier alpha value is -2.50. The number of benzene rings is 2. The van der Waals surface area contributed by atoms with Gasteiger partial charge in [0, 0.05) is 36.1 Å². The number of halogens is 6. The number of carbonyl (C=O) groups excluding carboxylic acids is 2. The molecule has 0 bridgehead atoms. The average molecular weight is 605 g/mol. The Bertz CT molecular complexity index is 1250. The minimum Gasteiger partial charge on any atom is -0.417 e. The molecular formula is C28H34ClF5N2O3Si. The van der Waals surface area contributed by atoms with Gasteiger partial charge in [0.2, 0.25) is 5.91 Å². The maximum absolute atomic E-state index is 14.2. The highest BCUT2D eigenvalue weighted by molar-refractivity contribution is 6.74. The number of amides is 2. The first kappa shape index (κ1) is 32.0. The van der Waals surface area contributed by atoms with Gasteiger partial charge in [0.25, 0.3) is 5.91 Å². The van der Waals surface area contributed by atoms with Crippen LogP contribution in [0.4, 0.5) is 22.0 Å². The van der Waals surface area contributed by atoms with E-state index >= 15 is 0 Å². The number of hydrogen-bond donors (Lipinski definition) is 2. The van der Waals surface area contributed by atoms with E-state index in [1.807, 2.05) is 0 Å². The lowest BCUT2D eigenvalue weighted by Gasteiger charge is -2.40. The number of carbonyl (C=O) groups is 2. The van der Waals surface area contributed by atoms with Crippen LogP contribution in [-0.4, -0.2) is 33.3 Å². The fourth-order valence-electron chi connectivity index (χ4n) is 4.54. The summed E-state index contributed by atoms with van der Waals surface area (Å²) < 4.78 is 73.9. The first-order chi connectivity index (χ1) is 18.4. The second-order valence-electron chi connectivity index (χ2n) is 11.7. The molecule has 5 nitrogen and oxygen atoms in total. The summed E-state index contributed by atoms with van der Waals surface area (Å²) in [7, 11) is -2.10. The average Bonchev–Trinajstić information content (AvgIpc) is 2.82. The second-order valence-corrected chi connectivity index (χ2v) is 16.9. The number of hydrogen-bond acceptors (Lipinski definition) is 3. The molecule has 3 rings (SSSR count). The van der Waals surface area contributed by atoms with E-state index in [2.05, 4.69) is 44.5 Å². The zero-order valence-electron chi connectivity index (χ0n) is 23.0. The molecule has 0 saturated carbocycles. The summed E-state index contributed by atoms with van der Waals surface area (Å²) in [6.45, 7) is 10.8. The highest BCUT2D eigenvalue weighted by Gasteiger charge is 2.41. The van der Waals surface area contributed by atoms with E-state index in [9.17, 15) is 31.5 Å². The second kappa shape index (κ2) is 12.2. The number of nitrogens with one attached hydrogen (secondary N) is 2. The van der Waals surface area contributed by atoms with Gasteiger partial charge in [-0.15, -0.1) is 0 Å². The van der Waals surface area contributed by atoms with Gasteiger partial charge in [0.1, 0.15) is 11.6 Å². The van der Waals surface area contributed by atoms with Crippen LogP contribution in [0.5, 0.6) is 0 Å². The maximum atomic E-state index is 14.2. The summed E-state index contributed by atoms with van der Waals surface area (Å²) in [6, 6.07) is 4.57. The smallest absolute Gasteiger partial charge is 0.416 e. The van der Waals surface area contributed by atoms with Crippen molar-refractivity contribution in [2.24, 2.45) is 11.8 Å². The van der Waals surface area contributed by atoms with Gasteiger partial charge in [-0.2, -0.15) is 13.2 Å². The maximum Gasteiger partial charge on any atom is 0.416 e. The van der Waals surface area contributed by atoms with Crippen molar-refractivity contribution in [1.82, 2.24) is 10.6 Å². The molecule has 1 aliphatic rings. The van der Waals surface area contributed by atoms with E-state index in [0.29, 0.717) is 30.7 Å². The van der Waals surface area contributed by atoms with Gasteiger partial charge in [-0.25, -0.2) is 8.78 Å². The molecule has 12 heteroatoms. The highest BCUT2D eigenvalue weighted by atomic mass is 35.5. The third-order valence-electron chi connectivity index (χ3n) is 7.83. The molecule has 0 aromatic heterocycles. The molecule has 0 aliphatic carbocycles. The highest BCUT2D eigenvalue weighted by Crippen LogP contribution is 2.40. The van der Waals surface area contributed by atoms with Crippen molar-refractivity contribution in [2.45, 2.75) is 64.0 Å². The van der Waals surface area contributed by atoms with Crippen LogP contribution in [-0.2, 0) is 15.4 Å². The summed E-state index contributed by atoms with van der Waals surface area (Å²) in [6.07, 6.45) is -4.29. The van der Waals surface area contributed by atoms with E-state index in [0.717, 1.165) is 6.07 Å². The summed E-state index contributed by atoms with van der Waals surface area (Å²) in [5, 5.41) is 5.59. The molecule has 3 unspecified atom stereocenters. The molecule has 2 aromatic rings. The molecule has 1 saturated heterocycles. The van der Waals surface area contributed by atoms with Crippen LogP contribution >= 0.6 is 11.6 Å². The molecule has 1 heterocycles. The zero-order chi connectivity index (χ0) is 30.0. The van der Waals surface area contributed by atoms with Gasteiger partial charge in [-0.05, 0) is 72.4 Å². The molecule has 0 spiro atoms. The normalized spacial score (nSPS) is 20.3. The van der Waals surface area contributed by atoms with Crippen LogP contribution in [0.25, 0.3) is 0 Å². The largest absolute Gasteiger partial charge is 0.417 e. The quantitative estimate of drug-likeness (QED) is 0.246. The molecule has 2 N–H and O–H groups in total. The van der Waals surface area contributed by atoms with Crippen LogP contribution in [0.1, 0.15) is 61.1 Å². The van der Waals surface area contributed by atoms with E-state index in [1.165, 1.54) is 18.2 Å². The van der Waals surface area contributed by atoms with Crippen LogP contribution < -0.4 is 10.6 Å². The Kier molecular flexibility index (Phi) is 9.73. The fraction of sp³-hybridized carbons (Fsp3) is 0.500. The summed E-state index contributed by atoms with van der Waals surface area (Å²) in [5.41, 5.74) is -1.47. The monoisotopic (exact) mass is 604 g/mol. The van der Waals surface area contributed by atoms with Gasteiger partial charge < -0.3 is 15.1 Å². The summed E-state index contributed by atoms with van der Waals surface area (Å²) >= 11 is 6.37. The van der Waals surface area contributed by atoms with Gasteiger partial charge in [-0.3, -0.25) is 9.59 Å². The SMILES string of the molecule is CC(C)(C)[Si](C)(C)OCCC1CC(=O)NC(c2cc(F)ccc2Cl)C1CNC(=O)c1cc(F)cc(C(F)(F)F)c1. The van der Waals surface area contributed by atoms with Crippen molar-refractivity contribution in [3.05, 3.63) is 69.7 Å². The van der Waals surface area contributed by atoms with E-state index < -0.39 is 55.1 Å². The molecule has 220 valence electrons. The van der Waals surface area contributed by atoms with Crippen LogP contribution in [0, 0.1) is 23.5 Å². The molecule has 1 aliphatic heterocycles. The number of alkyl halides is 3. The lowest BCUT2D eigenvalue weighted by molar-refractivity contribution is -0.137. The van der Waals surface area contributed by atoms with Gasteiger partial charge in [-0.1, -0.05) is 32.4 Å². The fourth-order valence-corrected chi connectivity index (χ4v) is 5.84. The van der Waals surface area contributed by atoms with E-state index in [-0.39, 0.29) is 34.9 Å². The van der Waals surface area contributed by atoms with Crippen molar-refractivity contribution >= 4 is 31.7 Å². The predicted molar refractivity (Wildman–Crippen MR) is 145 cm³/mol. The predicted octanol–water partition coefficient (Wildman–Crippen LogP) is 7.27. The van der Waals surface area contributed by atoms with Gasteiger partial charge in [0.15, 0.2) is 8.32 Å². The van der Waals surface area contributed by atoms with Crippen LogP contribution in [0.15, 0.2) is 36.4 Å². The molecular weight excluding hydrogens is 571 g/mol. The molecule has 3 atom stereocenters. The zero-order valence-corrected chi connectivity index (χ0v) is 24.8. The third-order valence-corrected chi connectivity index (χ3v) is 12.7. The topological polar surface area (TPSA) is 67.4 Å². The minimum atomic E-state index is -4.83. The van der Waals surface area contributed by atoms with Crippen molar-refractivity contribution in [3.63, 3.8) is 0 Å². The summed E-state index contributed by atoms with van der Waals surface area (Å²) in [5.74, 6) is -3.82. The Morgan fingerprint density at radius 2 is 1.77 bits per heavy atom. The Labute approximate surface area is 236 Å². The Morgan fingerprint density at radius 1 is 1.10 bits per heavy atom. The van der Waals surface area contributed by atoms with E-state index in [4.69, 9.17) is 16.0 Å². The van der Waals surface area contributed by atoms with Crippen molar-refractivity contribution in [3.8, 4) is 0 Å². The molecule has 1 fully saturated rings. The first-order valence-electron chi connectivity index (χ1n) is 12.9. The minimum absolute atomic E-state index is 0.0395. The van der Waals surface area contributed by atoms with Crippen molar-refractivity contribution in [2.75, 3.05) is 13.2 Å². The molecule has 2 amide bonds. The molecule has 0 radical (unpaired) electrons. The first-order valence-corrected chi connectivity index (χ1v) is 16.2. The lowest BCUT2D eigenvalue weighted by atomic mass is 9.76. The number of rotatable bonds is 8. The van der Waals surface area contributed by atoms with E-state index in [1.54, 1.807) is 0 Å². The van der Waals surface area contributed by atoms with Crippen molar-refractivity contribution < 1.29 is 36.0 Å². The number of piperidine rings is 1.